The average molecular weight is 364 g/mol. The van der Waals surface area contributed by atoms with Gasteiger partial charge in [0, 0.05) is 16.8 Å². The molecule has 6 nitrogen and oxygen atoms in total. The molecule has 0 fully saturated rings. The lowest BCUT2D eigenvalue weighted by Gasteiger charge is -2.15. The summed E-state index contributed by atoms with van der Waals surface area (Å²) in [5, 5.41) is 3.02. The Hall–Kier alpha value is -2.73. The summed E-state index contributed by atoms with van der Waals surface area (Å²) >= 11 is 5.90. The normalized spacial score (nSPS) is 11.4. The highest BCUT2D eigenvalue weighted by Gasteiger charge is 2.22. The highest BCUT2D eigenvalue weighted by atomic mass is 35.5. The molecule has 2 aromatic rings. The van der Waals surface area contributed by atoms with E-state index in [1.165, 1.54) is 27.2 Å². The van der Waals surface area contributed by atoms with E-state index in [-0.39, 0.29) is 5.56 Å². The number of ether oxygens (including phenoxy) is 3. The summed E-state index contributed by atoms with van der Waals surface area (Å²) in [4.78, 5) is 24.5. The zero-order valence-electron chi connectivity index (χ0n) is 14.0. The molecule has 0 saturated carbocycles. The molecule has 0 aliphatic carbocycles. The molecular formula is C18H18ClNO5. The highest BCUT2D eigenvalue weighted by Crippen LogP contribution is 2.24. The Morgan fingerprint density at radius 2 is 1.84 bits per heavy atom. The minimum atomic E-state index is -1.01. The number of carbonyl (C=O) groups excluding carboxylic acids is 2. The van der Waals surface area contributed by atoms with Gasteiger partial charge in [0.2, 0.25) is 0 Å². The standard InChI is InChI=1S/C18H18ClNO5/c1-11(17(21)20-13-5-4-6-14(10-13)23-2)25-18(22)15-9-12(19)7-8-16(15)24-3/h4-11H,1-3H3,(H,20,21)/t11-/m1/s1. The Morgan fingerprint density at radius 3 is 2.52 bits per heavy atom. The number of rotatable bonds is 6. The van der Waals surface area contributed by atoms with Crippen LogP contribution in [0.15, 0.2) is 42.5 Å². The zero-order chi connectivity index (χ0) is 18.4. The molecule has 2 aromatic carbocycles. The predicted molar refractivity (Wildman–Crippen MR) is 94.5 cm³/mol. The van der Waals surface area contributed by atoms with Crippen molar-refractivity contribution in [3.63, 3.8) is 0 Å². The van der Waals surface area contributed by atoms with Gasteiger partial charge in [0.05, 0.1) is 14.2 Å². The van der Waals surface area contributed by atoms with Crippen LogP contribution in [0.1, 0.15) is 17.3 Å². The van der Waals surface area contributed by atoms with Crippen molar-refractivity contribution in [3.05, 3.63) is 53.1 Å². The van der Waals surface area contributed by atoms with Gasteiger partial charge in [-0.2, -0.15) is 0 Å². The molecule has 0 aliphatic rings. The molecular weight excluding hydrogens is 346 g/mol. The second-order valence-corrected chi connectivity index (χ2v) is 5.55. The molecule has 1 atom stereocenters. The molecule has 0 radical (unpaired) electrons. The predicted octanol–water partition coefficient (Wildman–Crippen LogP) is 3.54. The summed E-state index contributed by atoms with van der Waals surface area (Å²) < 4.78 is 15.4. The number of nitrogens with one attached hydrogen (secondary N) is 1. The molecule has 0 unspecified atom stereocenters. The Kier molecular flexibility index (Phi) is 6.25. The lowest BCUT2D eigenvalue weighted by molar-refractivity contribution is -0.123. The van der Waals surface area contributed by atoms with Crippen molar-refractivity contribution in [2.75, 3.05) is 19.5 Å². The maximum atomic E-state index is 12.3. The van der Waals surface area contributed by atoms with Crippen molar-refractivity contribution < 1.29 is 23.8 Å². The zero-order valence-corrected chi connectivity index (χ0v) is 14.8. The fraction of sp³-hybridized carbons (Fsp3) is 0.222. The third-order valence-electron chi connectivity index (χ3n) is 3.37. The van der Waals surface area contributed by atoms with E-state index < -0.39 is 18.0 Å². The first kappa shape index (κ1) is 18.6. The second-order valence-electron chi connectivity index (χ2n) is 5.11. The average Bonchev–Trinajstić information content (AvgIpc) is 2.61. The monoisotopic (exact) mass is 363 g/mol. The molecule has 0 aliphatic heterocycles. The number of hydrogen-bond donors (Lipinski definition) is 1. The lowest BCUT2D eigenvalue weighted by atomic mass is 10.2. The summed E-state index contributed by atoms with van der Waals surface area (Å²) in [6.45, 7) is 1.48. The van der Waals surface area contributed by atoms with Crippen LogP contribution in [0, 0.1) is 0 Å². The van der Waals surface area contributed by atoms with E-state index in [1.807, 2.05) is 0 Å². The Bertz CT molecular complexity index is 778. The number of halogens is 1. The van der Waals surface area contributed by atoms with E-state index in [4.69, 9.17) is 25.8 Å². The number of carbonyl (C=O) groups is 2. The van der Waals surface area contributed by atoms with E-state index in [0.717, 1.165) is 0 Å². The van der Waals surface area contributed by atoms with Crippen molar-refractivity contribution in [3.8, 4) is 11.5 Å². The molecule has 0 saturated heterocycles. The van der Waals surface area contributed by atoms with Crippen molar-refractivity contribution in [2.45, 2.75) is 13.0 Å². The van der Waals surface area contributed by atoms with Crippen LogP contribution >= 0.6 is 11.6 Å². The molecule has 25 heavy (non-hydrogen) atoms. The Balaban J connectivity index is 2.05. The largest absolute Gasteiger partial charge is 0.497 e. The summed E-state index contributed by atoms with van der Waals surface area (Å²) in [5.41, 5.74) is 0.684. The van der Waals surface area contributed by atoms with Gasteiger partial charge in [-0.1, -0.05) is 17.7 Å². The molecule has 7 heteroatoms. The number of hydrogen-bond acceptors (Lipinski definition) is 5. The Morgan fingerprint density at radius 1 is 1.08 bits per heavy atom. The molecule has 2 rings (SSSR count). The molecule has 0 heterocycles. The third-order valence-corrected chi connectivity index (χ3v) is 3.61. The van der Waals surface area contributed by atoms with Gasteiger partial charge in [-0.3, -0.25) is 4.79 Å². The number of amides is 1. The molecule has 0 bridgehead atoms. The maximum Gasteiger partial charge on any atom is 0.342 e. The summed E-state index contributed by atoms with van der Waals surface area (Å²) in [6.07, 6.45) is -1.01. The van der Waals surface area contributed by atoms with Gasteiger partial charge in [0.15, 0.2) is 6.10 Å². The first-order valence-electron chi connectivity index (χ1n) is 7.44. The SMILES string of the molecule is COc1cccc(NC(=O)[C@@H](C)OC(=O)c2cc(Cl)ccc2OC)c1. The second kappa shape index (κ2) is 8.39. The molecule has 132 valence electrons. The minimum Gasteiger partial charge on any atom is -0.497 e. The number of esters is 1. The van der Waals surface area contributed by atoms with Gasteiger partial charge in [0.1, 0.15) is 17.1 Å². The minimum absolute atomic E-state index is 0.149. The van der Waals surface area contributed by atoms with Crippen molar-refractivity contribution >= 4 is 29.2 Å². The first-order chi connectivity index (χ1) is 11.9. The maximum absolute atomic E-state index is 12.3. The van der Waals surface area contributed by atoms with Crippen LogP contribution < -0.4 is 14.8 Å². The molecule has 1 N–H and O–H groups in total. The number of benzene rings is 2. The van der Waals surface area contributed by atoms with E-state index in [2.05, 4.69) is 5.32 Å². The quantitative estimate of drug-likeness (QED) is 0.794. The van der Waals surface area contributed by atoms with Gasteiger partial charge in [-0.15, -0.1) is 0 Å². The van der Waals surface area contributed by atoms with E-state index in [9.17, 15) is 9.59 Å². The molecule has 0 spiro atoms. The van der Waals surface area contributed by atoms with E-state index in [0.29, 0.717) is 22.2 Å². The highest BCUT2D eigenvalue weighted by molar-refractivity contribution is 6.31. The van der Waals surface area contributed by atoms with Crippen molar-refractivity contribution in [1.29, 1.82) is 0 Å². The van der Waals surface area contributed by atoms with Crippen LogP contribution in [-0.4, -0.2) is 32.2 Å². The fourth-order valence-electron chi connectivity index (χ4n) is 2.06. The van der Waals surface area contributed by atoms with Crippen LogP contribution in [0.3, 0.4) is 0 Å². The topological polar surface area (TPSA) is 73.9 Å². The number of anilines is 1. The van der Waals surface area contributed by atoms with Crippen LogP contribution in [0.2, 0.25) is 5.02 Å². The van der Waals surface area contributed by atoms with Crippen molar-refractivity contribution in [1.82, 2.24) is 0 Å². The smallest absolute Gasteiger partial charge is 0.342 e. The van der Waals surface area contributed by atoms with Gasteiger partial charge >= 0.3 is 5.97 Å². The van der Waals surface area contributed by atoms with Gasteiger partial charge in [-0.25, -0.2) is 4.79 Å². The Labute approximate surface area is 150 Å². The fourth-order valence-corrected chi connectivity index (χ4v) is 2.23. The van der Waals surface area contributed by atoms with Crippen LogP contribution in [0.5, 0.6) is 11.5 Å². The summed E-state index contributed by atoms with van der Waals surface area (Å²) in [7, 11) is 2.96. The van der Waals surface area contributed by atoms with Gasteiger partial charge in [0.25, 0.3) is 5.91 Å². The lowest BCUT2D eigenvalue weighted by Crippen LogP contribution is -2.30. The van der Waals surface area contributed by atoms with Crippen LogP contribution in [-0.2, 0) is 9.53 Å². The first-order valence-corrected chi connectivity index (χ1v) is 7.82. The molecule has 0 aromatic heterocycles. The van der Waals surface area contributed by atoms with E-state index in [1.54, 1.807) is 36.4 Å². The van der Waals surface area contributed by atoms with Gasteiger partial charge < -0.3 is 19.5 Å². The van der Waals surface area contributed by atoms with Crippen LogP contribution in [0.25, 0.3) is 0 Å². The summed E-state index contributed by atoms with van der Waals surface area (Å²) in [5.74, 6) is -0.254. The number of methoxy groups -OCH3 is 2. The van der Waals surface area contributed by atoms with Crippen molar-refractivity contribution in [2.24, 2.45) is 0 Å². The van der Waals surface area contributed by atoms with Gasteiger partial charge in [-0.05, 0) is 37.3 Å². The third kappa shape index (κ3) is 4.87. The van der Waals surface area contributed by atoms with E-state index >= 15 is 0 Å². The molecule has 1 amide bonds. The summed E-state index contributed by atoms with van der Waals surface area (Å²) in [6, 6.07) is 11.4. The van der Waals surface area contributed by atoms with Crippen LogP contribution in [0.4, 0.5) is 5.69 Å².